The SMILES string of the molecule is CCC1(C(=O)Nc2ccc(C(=O)OC)cc2)CCCNC1. The lowest BCUT2D eigenvalue weighted by Gasteiger charge is -2.35. The van der Waals surface area contributed by atoms with E-state index in [0.29, 0.717) is 11.3 Å². The van der Waals surface area contributed by atoms with Crippen LogP contribution >= 0.6 is 0 Å². The number of amides is 1. The first-order chi connectivity index (χ1) is 10.1. The highest BCUT2D eigenvalue weighted by molar-refractivity contribution is 5.96. The van der Waals surface area contributed by atoms with Gasteiger partial charge in [0.25, 0.3) is 0 Å². The van der Waals surface area contributed by atoms with Crippen LogP contribution in [0.5, 0.6) is 0 Å². The van der Waals surface area contributed by atoms with Gasteiger partial charge in [-0.3, -0.25) is 4.79 Å². The minimum absolute atomic E-state index is 0.0445. The number of carbonyl (C=O) groups excluding carboxylic acids is 2. The van der Waals surface area contributed by atoms with Gasteiger partial charge in [-0.15, -0.1) is 0 Å². The molecule has 1 aliphatic rings. The summed E-state index contributed by atoms with van der Waals surface area (Å²) in [5.74, 6) is -0.336. The molecule has 1 aromatic carbocycles. The molecule has 1 aromatic rings. The van der Waals surface area contributed by atoms with E-state index in [2.05, 4.69) is 15.4 Å². The largest absolute Gasteiger partial charge is 0.465 e. The standard InChI is InChI=1S/C16H22N2O3/c1-3-16(9-4-10-17-11-16)15(20)18-13-7-5-12(6-8-13)14(19)21-2/h5-8,17H,3-4,9-11H2,1-2H3,(H,18,20). The van der Waals surface area contributed by atoms with Crippen molar-refractivity contribution in [2.24, 2.45) is 5.41 Å². The Bertz CT molecular complexity index is 505. The molecule has 1 heterocycles. The van der Waals surface area contributed by atoms with Gasteiger partial charge in [-0.1, -0.05) is 6.92 Å². The summed E-state index contributed by atoms with van der Waals surface area (Å²) >= 11 is 0. The monoisotopic (exact) mass is 290 g/mol. The molecular weight excluding hydrogens is 268 g/mol. The van der Waals surface area contributed by atoms with Gasteiger partial charge in [0.2, 0.25) is 5.91 Å². The number of anilines is 1. The number of hydrogen-bond donors (Lipinski definition) is 2. The van der Waals surface area contributed by atoms with E-state index in [1.807, 2.05) is 6.92 Å². The van der Waals surface area contributed by atoms with Crippen molar-refractivity contribution < 1.29 is 14.3 Å². The van der Waals surface area contributed by atoms with Crippen LogP contribution in [0.3, 0.4) is 0 Å². The topological polar surface area (TPSA) is 67.4 Å². The molecule has 21 heavy (non-hydrogen) atoms. The summed E-state index contributed by atoms with van der Waals surface area (Å²) in [4.78, 5) is 23.9. The number of carbonyl (C=O) groups is 2. The fraction of sp³-hybridized carbons (Fsp3) is 0.500. The zero-order valence-electron chi connectivity index (χ0n) is 12.6. The molecule has 1 aliphatic heterocycles. The lowest BCUT2D eigenvalue weighted by atomic mass is 9.77. The van der Waals surface area contributed by atoms with E-state index >= 15 is 0 Å². The maximum absolute atomic E-state index is 12.6. The lowest BCUT2D eigenvalue weighted by Crippen LogP contribution is -2.47. The molecule has 1 saturated heterocycles. The van der Waals surface area contributed by atoms with E-state index in [-0.39, 0.29) is 17.3 Å². The van der Waals surface area contributed by atoms with Gasteiger partial charge in [0, 0.05) is 12.2 Å². The van der Waals surface area contributed by atoms with Crippen LogP contribution in [0, 0.1) is 5.41 Å². The van der Waals surface area contributed by atoms with Crippen molar-refractivity contribution >= 4 is 17.6 Å². The third-order valence-corrected chi connectivity index (χ3v) is 4.19. The molecule has 2 N–H and O–H groups in total. The van der Waals surface area contributed by atoms with Crippen LogP contribution in [0.4, 0.5) is 5.69 Å². The number of rotatable bonds is 4. The number of methoxy groups -OCH3 is 1. The Kier molecular flexibility index (Phi) is 4.96. The molecule has 0 aliphatic carbocycles. The van der Waals surface area contributed by atoms with Gasteiger partial charge in [0.1, 0.15) is 0 Å². The van der Waals surface area contributed by atoms with Crippen LogP contribution < -0.4 is 10.6 Å². The summed E-state index contributed by atoms with van der Waals surface area (Å²) in [7, 11) is 1.35. The third-order valence-electron chi connectivity index (χ3n) is 4.19. The molecule has 1 atom stereocenters. The molecule has 1 fully saturated rings. The minimum Gasteiger partial charge on any atom is -0.465 e. The average molecular weight is 290 g/mol. The molecule has 0 spiro atoms. The minimum atomic E-state index is -0.380. The number of esters is 1. The molecule has 0 aromatic heterocycles. The number of hydrogen-bond acceptors (Lipinski definition) is 4. The third kappa shape index (κ3) is 3.42. The Balaban J connectivity index is 2.06. The first-order valence-corrected chi connectivity index (χ1v) is 7.32. The Morgan fingerprint density at radius 3 is 2.57 bits per heavy atom. The Labute approximate surface area is 125 Å². The van der Waals surface area contributed by atoms with Gasteiger partial charge in [-0.05, 0) is 50.1 Å². The molecule has 2 rings (SSSR count). The zero-order chi connectivity index (χ0) is 15.3. The quantitative estimate of drug-likeness (QED) is 0.834. The average Bonchev–Trinajstić information content (AvgIpc) is 2.55. The fourth-order valence-electron chi connectivity index (χ4n) is 2.70. The first kappa shape index (κ1) is 15.5. The molecule has 0 bridgehead atoms. The second kappa shape index (κ2) is 6.72. The van der Waals surface area contributed by atoms with E-state index in [1.54, 1.807) is 24.3 Å². The van der Waals surface area contributed by atoms with Gasteiger partial charge in [0.05, 0.1) is 18.1 Å². The van der Waals surface area contributed by atoms with E-state index in [0.717, 1.165) is 32.4 Å². The predicted octanol–water partition coefficient (Wildman–Crippen LogP) is 2.19. The van der Waals surface area contributed by atoms with Crippen molar-refractivity contribution in [2.75, 3.05) is 25.5 Å². The van der Waals surface area contributed by atoms with E-state index in [1.165, 1.54) is 7.11 Å². The van der Waals surface area contributed by atoms with Crippen molar-refractivity contribution in [1.82, 2.24) is 5.32 Å². The molecule has 1 unspecified atom stereocenters. The van der Waals surface area contributed by atoms with Crippen molar-refractivity contribution in [3.05, 3.63) is 29.8 Å². The smallest absolute Gasteiger partial charge is 0.337 e. The van der Waals surface area contributed by atoms with Crippen LogP contribution in [-0.4, -0.2) is 32.1 Å². The fourth-order valence-corrected chi connectivity index (χ4v) is 2.70. The predicted molar refractivity (Wildman–Crippen MR) is 81.2 cm³/mol. The highest BCUT2D eigenvalue weighted by atomic mass is 16.5. The van der Waals surface area contributed by atoms with Crippen molar-refractivity contribution in [1.29, 1.82) is 0 Å². The van der Waals surface area contributed by atoms with Gasteiger partial charge in [-0.2, -0.15) is 0 Å². The summed E-state index contributed by atoms with van der Waals surface area (Å²) in [6.45, 7) is 3.74. The Hall–Kier alpha value is -1.88. The van der Waals surface area contributed by atoms with Gasteiger partial charge in [0.15, 0.2) is 0 Å². The van der Waals surface area contributed by atoms with Gasteiger partial charge >= 0.3 is 5.97 Å². The van der Waals surface area contributed by atoms with E-state index in [4.69, 9.17) is 0 Å². The number of benzene rings is 1. The summed E-state index contributed by atoms with van der Waals surface area (Å²) < 4.78 is 4.65. The highest BCUT2D eigenvalue weighted by Crippen LogP contribution is 2.31. The van der Waals surface area contributed by atoms with Crippen LogP contribution in [0.1, 0.15) is 36.5 Å². The summed E-state index contributed by atoms with van der Waals surface area (Å²) in [5, 5.41) is 6.26. The second-order valence-electron chi connectivity index (χ2n) is 5.44. The molecule has 1 amide bonds. The van der Waals surface area contributed by atoms with Crippen molar-refractivity contribution in [2.45, 2.75) is 26.2 Å². The van der Waals surface area contributed by atoms with Crippen LogP contribution in [0.25, 0.3) is 0 Å². The van der Waals surface area contributed by atoms with E-state index in [9.17, 15) is 9.59 Å². The second-order valence-corrected chi connectivity index (χ2v) is 5.44. The maximum Gasteiger partial charge on any atom is 0.337 e. The molecule has 114 valence electrons. The normalized spacial score (nSPS) is 21.6. The lowest BCUT2D eigenvalue weighted by molar-refractivity contribution is -0.126. The molecule has 5 heteroatoms. The number of nitrogens with one attached hydrogen (secondary N) is 2. The Morgan fingerprint density at radius 2 is 2.05 bits per heavy atom. The van der Waals surface area contributed by atoms with Gasteiger partial charge < -0.3 is 15.4 Å². The van der Waals surface area contributed by atoms with Crippen molar-refractivity contribution in [3.63, 3.8) is 0 Å². The molecule has 0 radical (unpaired) electrons. The zero-order valence-corrected chi connectivity index (χ0v) is 12.6. The van der Waals surface area contributed by atoms with Crippen molar-refractivity contribution in [3.8, 4) is 0 Å². The summed E-state index contributed by atoms with van der Waals surface area (Å²) in [6.07, 6.45) is 2.73. The summed E-state index contributed by atoms with van der Waals surface area (Å²) in [5.41, 5.74) is 0.838. The van der Waals surface area contributed by atoms with Gasteiger partial charge in [-0.25, -0.2) is 4.79 Å². The summed E-state index contributed by atoms with van der Waals surface area (Å²) in [6, 6.07) is 6.76. The number of ether oxygens (including phenoxy) is 1. The van der Waals surface area contributed by atoms with Crippen LogP contribution in [0.2, 0.25) is 0 Å². The van der Waals surface area contributed by atoms with Crippen LogP contribution in [-0.2, 0) is 9.53 Å². The van der Waals surface area contributed by atoms with E-state index < -0.39 is 0 Å². The number of piperidine rings is 1. The molecule has 5 nitrogen and oxygen atoms in total. The highest BCUT2D eigenvalue weighted by Gasteiger charge is 2.37. The molecular formula is C16H22N2O3. The molecule has 0 saturated carbocycles. The van der Waals surface area contributed by atoms with Crippen LogP contribution in [0.15, 0.2) is 24.3 Å². The Morgan fingerprint density at radius 1 is 1.33 bits per heavy atom. The maximum atomic E-state index is 12.6. The first-order valence-electron chi connectivity index (χ1n) is 7.32.